The summed E-state index contributed by atoms with van der Waals surface area (Å²) in [5, 5.41) is 0. The zero-order chi connectivity index (χ0) is 20.1. The molecule has 0 spiro atoms. The lowest BCUT2D eigenvalue weighted by Gasteiger charge is -2.10. The van der Waals surface area contributed by atoms with Gasteiger partial charge in [-0.05, 0) is 55.8 Å². The molecule has 0 radical (unpaired) electrons. The summed E-state index contributed by atoms with van der Waals surface area (Å²) in [6, 6.07) is 12.0. The van der Waals surface area contributed by atoms with E-state index < -0.39 is 15.6 Å². The zero-order valence-corrected chi connectivity index (χ0v) is 17.0. The van der Waals surface area contributed by atoms with Crippen LogP contribution >= 0.6 is 11.3 Å². The molecule has 0 amide bonds. The number of methoxy groups -OCH3 is 1. The van der Waals surface area contributed by atoms with E-state index >= 15 is 0 Å². The first kappa shape index (κ1) is 18.5. The van der Waals surface area contributed by atoms with E-state index in [2.05, 4.69) is 9.71 Å². The molecule has 0 saturated carbocycles. The molecular weight excluding hydrogens is 398 g/mol. The number of thiazole rings is 1. The Kier molecular flexibility index (Phi) is 4.35. The van der Waals surface area contributed by atoms with Gasteiger partial charge in [0.2, 0.25) is 0 Å². The Hall–Kier alpha value is -2.91. The van der Waals surface area contributed by atoms with Crippen LogP contribution in [0.25, 0.3) is 15.2 Å². The second kappa shape index (κ2) is 6.61. The van der Waals surface area contributed by atoms with Crippen molar-refractivity contribution in [1.29, 1.82) is 0 Å². The molecule has 0 bridgehead atoms. The molecule has 2 aromatic carbocycles. The molecule has 0 aliphatic heterocycles. The third kappa shape index (κ3) is 3.02. The van der Waals surface area contributed by atoms with Crippen LogP contribution in [0.4, 0.5) is 5.69 Å². The summed E-state index contributed by atoms with van der Waals surface area (Å²) in [5.74, 6) is 0.599. The van der Waals surface area contributed by atoms with Crippen LogP contribution < -0.4 is 15.0 Å². The summed E-state index contributed by atoms with van der Waals surface area (Å²) in [7, 11) is -2.60. The standard InChI is InChI=1S/C19H17N3O4S2/c1-11-4-9-15-16(10-11)27-19-20-12(2)17(18(23)22(15)19)28(24,25)21-13-5-7-14(26-3)8-6-13/h4-10,21H,1-3H3. The Labute approximate surface area is 165 Å². The monoisotopic (exact) mass is 415 g/mol. The van der Waals surface area contributed by atoms with Gasteiger partial charge in [-0.25, -0.2) is 17.8 Å². The van der Waals surface area contributed by atoms with Crippen LogP contribution in [0.2, 0.25) is 0 Å². The number of hydrogen-bond acceptors (Lipinski definition) is 6. The fourth-order valence-electron chi connectivity index (χ4n) is 3.03. The van der Waals surface area contributed by atoms with Crippen molar-refractivity contribution in [3.8, 4) is 5.75 Å². The lowest BCUT2D eigenvalue weighted by atomic mass is 10.2. The second-order valence-corrected chi connectivity index (χ2v) is 8.99. The zero-order valence-electron chi connectivity index (χ0n) is 15.4. The van der Waals surface area contributed by atoms with E-state index in [1.165, 1.54) is 29.8 Å². The molecule has 0 saturated heterocycles. The van der Waals surface area contributed by atoms with Crippen molar-refractivity contribution in [2.75, 3.05) is 11.8 Å². The van der Waals surface area contributed by atoms with Gasteiger partial charge in [0.05, 0.1) is 23.0 Å². The Morgan fingerprint density at radius 3 is 2.50 bits per heavy atom. The summed E-state index contributed by atoms with van der Waals surface area (Å²) in [6.45, 7) is 3.49. The first-order valence-electron chi connectivity index (χ1n) is 8.39. The maximum absolute atomic E-state index is 13.1. The molecule has 7 nitrogen and oxygen atoms in total. The number of aryl methyl sites for hydroxylation is 2. The molecule has 0 aliphatic rings. The van der Waals surface area contributed by atoms with E-state index in [1.807, 2.05) is 19.1 Å². The highest BCUT2D eigenvalue weighted by atomic mass is 32.2. The number of anilines is 1. The Balaban J connectivity index is 1.89. The number of nitrogens with zero attached hydrogens (tertiary/aromatic N) is 2. The summed E-state index contributed by atoms with van der Waals surface area (Å²) in [5.41, 5.74) is 1.57. The van der Waals surface area contributed by atoms with Gasteiger partial charge in [-0.2, -0.15) is 0 Å². The van der Waals surface area contributed by atoms with Gasteiger partial charge in [0, 0.05) is 5.69 Å². The lowest BCUT2D eigenvalue weighted by molar-refractivity contribution is 0.415. The molecular formula is C19H17N3O4S2. The van der Waals surface area contributed by atoms with E-state index in [1.54, 1.807) is 30.3 Å². The highest BCUT2D eigenvalue weighted by Crippen LogP contribution is 2.27. The fourth-order valence-corrected chi connectivity index (χ4v) is 5.49. The SMILES string of the molecule is COc1ccc(NS(=O)(=O)c2c(C)nc3sc4cc(C)ccc4n3c2=O)cc1. The minimum atomic E-state index is -4.12. The van der Waals surface area contributed by atoms with E-state index in [0.29, 0.717) is 21.9 Å². The molecule has 0 aliphatic carbocycles. The number of sulfonamides is 1. The van der Waals surface area contributed by atoms with Crippen molar-refractivity contribution in [3.63, 3.8) is 0 Å². The minimum absolute atomic E-state index is 0.161. The van der Waals surface area contributed by atoms with Crippen molar-refractivity contribution in [2.24, 2.45) is 0 Å². The largest absolute Gasteiger partial charge is 0.497 e. The maximum Gasteiger partial charge on any atom is 0.280 e. The molecule has 4 rings (SSSR count). The molecule has 2 aromatic heterocycles. The highest BCUT2D eigenvalue weighted by molar-refractivity contribution is 7.92. The van der Waals surface area contributed by atoms with Gasteiger partial charge in [0.25, 0.3) is 15.6 Å². The Bertz CT molecular complexity index is 1370. The second-order valence-electron chi connectivity index (χ2n) is 6.36. The first-order valence-corrected chi connectivity index (χ1v) is 10.7. The van der Waals surface area contributed by atoms with Crippen molar-refractivity contribution in [3.05, 3.63) is 64.1 Å². The lowest BCUT2D eigenvalue weighted by Crippen LogP contribution is -2.27. The molecule has 28 heavy (non-hydrogen) atoms. The van der Waals surface area contributed by atoms with Crippen LogP contribution in [-0.2, 0) is 10.0 Å². The smallest absolute Gasteiger partial charge is 0.280 e. The first-order chi connectivity index (χ1) is 13.3. The average molecular weight is 415 g/mol. The van der Waals surface area contributed by atoms with Crippen LogP contribution in [0, 0.1) is 13.8 Å². The molecule has 0 atom stereocenters. The summed E-state index contributed by atoms with van der Waals surface area (Å²) in [6.07, 6.45) is 0. The van der Waals surface area contributed by atoms with Crippen molar-refractivity contribution in [1.82, 2.24) is 9.38 Å². The number of ether oxygens (including phenoxy) is 1. The Morgan fingerprint density at radius 1 is 1.11 bits per heavy atom. The van der Waals surface area contributed by atoms with Crippen LogP contribution in [-0.4, -0.2) is 24.9 Å². The molecule has 1 N–H and O–H groups in total. The molecule has 144 valence electrons. The predicted octanol–water partition coefficient (Wildman–Crippen LogP) is 3.34. The highest BCUT2D eigenvalue weighted by Gasteiger charge is 2.25. The average Bonchev–Trinajstić information content (AvgIpc) is 2.98. The number of rotatable bonds is 4. The third-order valence-electron chi connectivity index (χ3n) is 4.35. The summed E-state index contributed by atoms with van der Waals surface area (Å²) in [4.78, 5) is 17.6. The van der Waals surface area contributed by atoms with Gasteiger partial charge in [-0.3, -0.25) is 9.52 Å². The number of benzene rings is 2. The normalized spacial score (nSPS) is 11.8. The van der Waals surface area contributed by atoms with E-state index in [0.717, 1.165) is 10.3 Å². The molecule has 9 heteroatoms. The topological polar surface area (TPSA) is 89.8 Å². The third-order valence-corrected chi connectivity index (χ3v) is 6.86. The van der Waals surface area contributed by atoms with E-state index in [9.17, 15) is 13.2 Å². The van der Waals surface area contributed by atoms with Crippen LogP contribution in [0.15, 0.2) is 52.2 Å². The molecule has 4 aromatic rings. The van der Waals surface area contributed by atoms with E-state index in [-0.39, 0.29) is 10.6 Å². The molecule has 0 fully saturated rings. The van der Waals surface area contributed by atoms with Gasteiger partial charge < -0.3 is 4.74 Å². The van der Waals surface area contributed by atoms with Gasteiger partial charge in [-0.1, -0.05) is 17.4 Å². The van der Waals surface area contributed by atoms with Gasteiger partial charge in [0.1, 0.15) is 5.75 Å². The number of nitrogens with one attached hydrogen (secondary N) is 1. The molecule has 0 unspecified atom stereocenters. The quantitative estimate of drug-likeness (QED) is 0.552. The van der Waals surface area contributed by atoms with Gasteiger partial charge in [0.15, 0.2) is 9.86 Å². The van der Waals surface area contributed by atoms with Crippen LogP contribution in [0.3, 0.4) is 0 Å². The number of fused-ring (bicyclic) bond motifs is 3. The summed E-state index contributed by atoms with van der Waals surface area (Å²) < 4.78 is 35.7. The number of aromatic nitrogens is 2. The maximum atomic E-state index is 13.1. The van der Waals surface area contributed by atoms with Crippen LogP contribution in [0.1, 0.15) is 11.3 Å². The predicted molar refractivity (Wildman–Crippen MR) is 110 cm³/mol. The van der Waals surface area contributed by atoms with Crippen molar-refractivity contribution >= 4 is 42.2 Å². The van der Waals surface area contributed by atoms with Crippen LogP contribution in [0.5, 0.6) is 5.75 Å². The van der Waals surface area contributed by atoms with Crippen molar-refractivity contribution < 1.29 is 13.2 Å². The fraction of sp³-hybridized carbons (Fsp3) is 0.158. The molecule has 2 heterocycles. The Morgan fingerprint density at radius 2 is 1.82 bits per heavy atom. The summed E-state index contributed by atoms with van der Waals surface area (Å²) >= 11 is 1.35. The number of hydrogen-bond donors (Lipinski definition) is 1. The van der Waals surface area contributed by atoms with Crippen molar-refractivity contribution in [2.45, 2.75) is 18.7 Å². The minimum Gasteiger partial charge on any atom is -0.497 e. The van der Waals surface area contributed by atoms with Gasteiger partial charge in [-0.15, -0.1) is 0 Å². The van der Waals surface area contributed by atoms with E-state index in [4.69, 9.17) is 4.74 Å². The van der Waals surface area contributed by atoms with Gasteiger partial charge >= 0.3 is 0 Å².